The van der Waals surface area contributed by atoms with Crippen LogP contribution in [0.1, 0.15) is 262 Å². The standard InChI is InChI=1S/C15H28O2.2C15H16O2.C14H14O2.C13H26O5.C13H24O2.C13H12O2.C12H10O2.C10H14O2.C3H8O2.C2H6O2/c2*1-15(2,11-3-7-13(16)8-4-11)12-5-9-14(17)10-6-12;1-10-7-12(3-5-14(10)16)9-13-4-6-15(17)11(2)8-13;15-9-11-1-5-13(6-2-11)14-7-3-12(10-16)4-8-14;14-9-5-1-3-7-11-17-13(16)18-12-8-4-2-6-10-15;2*14-12-5-1-10(2-6-12)9-11-3-7-13(15)8-4-11;13-11-5-1-9(2-6-11)10-3-7-12(14)8-4-10;11-7-5-9-1-2-10(4-3-9)6-8-12;1-3(5)2-4;3-1-2-4/h11-14,16-17H,3-10H2,1-2H3;3-10,16-17H,1-2H3;3-8,16-17H,9H2,1-2H3;1-8,15-16H,9-10H2;14-15H,1-12H2;10-15H,1-9H2;1-8,14-15H,9H2;1-8,13-14H;1-4,11-12H,5-8H2;3-5H,2H2,1H3;3-4H,1-2H2. The molecule has 0 aliphatic heterocycles. The van der Waals surface area contributed by atoms with E-state index in [1.54, 1.807) is 84.9 Å². The first-order valence-corrected chi connectivity index (χ1v) is 53.2. The highest BCUT2D eigenvalue weighted by Crippen LogP contribution is 2.49. The number of hydrogen-bond donors (Lipinski definition) is 22. The number of phenols is 8. The molecule has 1 atom stereocenters. The molecule has 0 aromatic heterocycles. The largest absolute Gasteiger partial charge is 0.508 e. The maximum atomic E-state index is 11.1. The molecule has 4 aliphatic rings. The van der Waals surface area contributed by atoms with E-state index in [0.29, 0.717) is 43.0 Å². The Morgan fingerprint density at radius 1 is 0.300 bits per heavy atom. The van der Waals surface area contributed by atoms with Crippen LogP contribution >= 0.6 is 0 Å². The highest BCUT2D eigenvalue weighted by Gasteiger charge is 2.40. The first-order chi connectivity index (χ1) is 72.0. The summed E-state index contributed by atoms with van der Waals surface area (Å²) in [6.07, 6.45) is 27.8. The maximum Gasteiger partial charge on any atom is 0.508 e. The Morgan fingerprint density at radius 3 is 0.813 bits per heavy atom. The zero-order valence-electron chi connectivity index (χ0n) is 89.3. The van der Waals surface area contributed by atoms with Crippen molar-refractivity contribution in [3.63, 3.8) is 0 Å². The molecule has 15 rings (SSSR count). The van der Waals surface area contributed by atoms with Crippen molar-refractivity contribution in [2.75, 3.05) is 59.5 Å². The highest BCUT2D eigenvalue weighted by atomic mass is 16.7. The van der Waals surface area contributed by atoms with Gasteiger partial charge in [0.25, 0.3) is 0 Å². The topological polar surface area (TPSA) is 481 Å². The minimum atomic E-state index is -0.598. The molecule has 0 radical (unpaired) electrons. The average molecular weight is 2080 g/mol. The Hall–Kier alpha value is -11.5. The van der Waals surface area contributed by atoms with E-state index >= 15 is 0 Å². The van der Waals surface area contributed by atoms with Crippen molar-refractivity contribution >= 4 is 6.16 Å². The summed E-state index contributed by atoms with van der Waals surface area (Å²) in [7, 11) is 0. The normalized spacial score (nSPS) is 17.1. The quantitative estimate of drug-likeness (QED) is 0.0137. The van der Waals surface area contributed by atoms with Crippen LogP contribution in [0.4, 0.5) is 4.79 Å². The molecule has 25 nitrogen and oxygen atoms in total. The predicted molar refractivity (Wildman–Crippen MR) is 594 cm³/mol. The molecule has 150 heavy (non-hydrogen) atoms. The maximum absolute atomic E-state index is 11.1. The van der Waals surface area contributed by atoms with Gasteiger partial charge in [-0.2, -0.15) is 0 Å². The summed E-state index contributed by atoms with van der Waals surface area (Å²) >= 11 is 0. The molecule has 11 aromatic rings. The van der Waals surface area contributed by atoms with Crippen molar-refractivity contribution in [1.82, 2.24) is 0 Å². The monoisotopic (exact) mass is 2080 g/mol. The molecule has 25 heteroatoms. The molecular formula is C125H174O25. The number of ether oxygens (including phenoxy) is 2. The molecule has 0 spiro atoms. The first-order valence-electron chi connectivity index (χ1n) is 53.2. The van der Waals surface area contributed by atoms with Gasteiger partial charge in [0.05, 0.1) is 76.8 Å². The average Bonchev–Trinajstić information content (AvgIpc) is 0.806. The smallest absolute Gasteiger partial charge is 0.508 e. The van der Waals surface area contributed by atoms with E-state index in [-0.39, 0.29) is 124 Å². The summed E-state index contributed by atoms with van der Waals surface area (Å²) in [6, 6.07) is 77.4. The summed E-state index contributed by atoms with van der Waals surface area (Å²) in [5.41, 5.74) is 17.2. The summed E-state index contributed by atoms with van der Waals surface area (Å²) in [5, 5.41) is 196. The summed E-state index contributed by atoms with van der Waals surface area (Å²) < 4.78 is 9.77. The van der Waals surface area contributed by atoms with Crippen LogP contribution in [0.2, 0.25) is 0 Å². The van der Waals surface area contributed by atoms with Crippen LogP contribution in [0.3, 0.4) is 0 Å². The van der Waals surface area contributed by atoms with Crippen molar-refractivity contribution in [1.29, 1.82) is 0 Å². The second kappa shape index (κ2) is 73.7. The van der Waals surface area contributed by atoms with E-state index in [1.165, 1.54) is 64.7 Å². The fraction of sp³-hybridized carbons (Fsp3) is 0.464. The Balaban J connectivity index is 0.000000294. The lowest BCUT2D eigenvalue weighted by Gasteiger charge is -2.46. The van der Waals surface area contributed by atoms with Crippen LogP contribution in [0.5, 0.6) is 46.0 Å². The van der Waals surface area contributed by atoms with Gasteiger partial charge < -0.3 is 122 Å². The van der Waals surface area contributed by atoms with E-state index in [9.17, 15) is 45.6 Å². The molecule has 1 unspecified atom stereocenters. The van der Waals surface area contributed by atoms with Crippen LogP contribution in [0.15, 0.2) is 255 Å². The van der Waals surface area contributed by atoms with Crippen molar-refractivity contribution < 1.29 is 127 Å². The molecule has 0 heterocycles. The molecule has 0 amide bonds. The SMILES string of the molecule is CC(C)(C1CCC(O)CC1)C1CCC(O)CC1.CC(C)(c1ccc(O)cc1)c1ccc(O)cc1.CC(O)CO.Cc1cc(Cc2ccc(O)c(C)c2)ccc1O.O=C(OCCCCCCO)OCCCCCCO.OC1CCC(CC2CCC(O)CC2)CC1.OCCO.OCCc1ccc(CCO)cc1.OCc1ccc(-c2ccc(CO)cc2)cc1.Oc1ccc(-c2ccc(O)cc2)cc1.Oc1ccc(Cc2ccc(O)cc2)cc1. The number of aromatic hydroxyl groups is 8. The zero-order chi connectivity index (χ0) is 110. The number of aryl methyl sites for hydroxylation is 2. The number of benzene rings is 11. The van der Waals surface area contributed by atoms with E-state index < -0.39 is 12.3 Å². The number of unbranched alkanes of at least 4 members (excludes halogenated alkanes) is 6. The van der Waals surface area contributed by atoms with Gasteiger partial charge in [-0.05, 0) is 397 Å². The molecule has 824 valence electrons. The Morgan fingerprint density at radius 2 is 0.547 bits per heavy atom. The number of aliphatic hydroxyl groups is 14. The second-order valence-corrected chi connectivity index (χ2v) is 40.3. The van der Waals surface area contributed by atoms with Crippen LogP contribution in [-0.2, 0) is 53.8 Å². The third-order valence-electron chi connectivity index (χ3n) is 27.6. The van der Waals surface area contributed by atoms with Crippen molar-refractivity contribution in [3.8, 4) is 68.2 Å². The molecular weight excluding hydrogens is 1900 g/mol. The van der Waals surface area contributed by atoms with E-state index in [2.05, 4.69) is 27.7 Å². The second-order valence-electron chi connectivity index (χ2n) is 40.3. The lowest BCUT2D eigenvalue weighted by molar-refractivity contribution is 0.00231. The fourth-order valence-corrected chi connectivity index (χ4v) is 18.0. The number of phenolic OH excluding ortho intramolecular Hbond substituents is 8. The third kappa shape index (κ3) is 53.0. The van der Waals surface area contributed by atoms with Gasteiger partial charge in [0.2, 0.25) is 0 Å². The van der Waals surface area contributed by atoms with E-state index in [0.717, 1.165) is 228 Å². The van der Waals surface area contributed by atoms with Gasteiger partial charge >= 0.3 is 6.16 Å². The molecule has 22 N–H and O–H groups in total. The van der Waals surface area contributed by atoms with Crippen molar-refractivity contribution in [2.24, 2.45) is 29.1 Å². The minimum absolute atomic E-state index is 0.0190. The lowest BCUT2D eigenvalue weighted by atomic mass is 9.60. The number of hydrogen-bond acceptors (Lipinski definition) is 25. The van der Waals surface area contributed by atoms with Crippen LogP contribution in [0.25, 0.3) is 22.3 Å². The number of carbonyl (C=O) groups excluding carboxylic acids is 1. The van der Waals surface area contributed by atoms with E-state index in [4.69, 9.17) is 81.0 Å². The molecule has 0 bridgehead atoms. The van der Waals surface area contributed by atoms with Crippen LogP contribution in [0, 0.1) is 42.9 Å². The predicted octanol–water partition coefficient (Wildman–Crippen LogP) is 21.4. The van der Waals surface area contributed by atoms with Gasteiger partial charge in [0, 0.05) is 31.8 Å². The van der Waals surface area contributed by atoms with Gasteiger partial charge in [-0.3, -0.25) is 0 Å². The van der Waals surface area contributed by atoms with E-state index in [1.807, 2.05) is 184 Å². The molecule has 11 aromatic carbocycles. The van der Waals surface area contributed by atoms with Gasteiger partial charge in [-0.15, -0.1) is 0 Å². The summed E-state index contributed by atoms with van der Waals surface area (Å²) in [5.74, 6) is 5.53. The summed E-state index contributed by atoms with van der Waals surface area (Å²) in [4.78, 5) is 11.1. The zero-order valence-corrected chi connectivity index (χ0v) is 89.3. The molecule has 4 fully saturated rings. The van der Waals surface area contributed by atoms with Gasteiger partial charge in [0.1, 0.15) is 46.0 Å². The Kier molecular flexibility index (Phi) is 63.4. The van der Waals surface area contributed by atoms with Gasteiger partial charge in [-0.25, -0.2) is 4.79 Å². The van der Waals surface area contributed by atoms with Gasteiger partial charge in [-0.1, -0.05) is 210 Å². The number of rotatable bonds is 32. The van der Waals surface area contributed by atoms with Crippen molar-refractivity contribution in [3.05, 3.63) is 322 Å². The molecule has 4 saturated carbocycles. The first kappa shape index (κ1) is 129. The van der Waals surface area contributed by atoms with Crippen molar-refractivity contribution in [2.45, 2.75) is 284 Å². The molecule has 4 aliphatic carbocycles. The van der Waals surface area contributed by atoms with Gasteiger partial charge in [0.15, 0.2) is 0 Å². The van der Waals surface area contributed by atoms with Crippen LogP contribution < -0.4 is 0 Å². The fourth-order valence-electron chi connectivity index (χ4n) is 18.0. The Bertz CT molecular complexity index is 4960. The third-order valence-corrected chi connectivity index (χ3v) is 27.6. The lowest BCUT2D eigenvalue weighted by Crippen LogP contribution is -2.38. The Labute approximate surface area is 889 Å². The number of carbonyl (C=O) groups is 1. The summed E-state index contributed by atoms with van der Waals surface area (Å²) in [6.45, 7) is 15.7. The van der Waals surface area contributed by atoms with Crippen LogP contribution in [-0.4, -0.2) is 208 Å². The minimum Gasteiger partial charge on any atom is -0.508 e. The number of aliphatic hydroxyl groups excluding tert-OH is 14. The molecule has 0 saturated heterocycles. The highest BCUT2D eigenvalue weighted by molar-refractivity contribution is 5.65.